The third-order valence-corrected chi connectivity index (χ3v) is 5.75. The zero-order valence-corrected chi connectivity index (χ0v) is 12.0. The van der Waals surface area contributed by atoms with Crippen LogP contribution in [0.1, 0.15) is 37.3 Å². The largest absolute Gasteiger partial charge is 0.321 e. The molecule has 1 aliphatic rings. The molecule has 1 aromatic rings. The molecule has 0 bridgehead atoms. The molecule has 2 rings (SSSR count). The maximum atomic E-state index is 13.1. The number of sulfone groups is 1. The van der Waals surface area contributed by atoms with Crippen molar-refractivity contribution >= 4 is 9.84 Å². The van der Waals surface area contributed by atoms with Gasteiger partial charge in [-0.05, 0) is 48.9 Å². The van der Waals surface area contributed by atoms with E-state index in [1.54, 1.807) is 13.0 Å². The second kappa shape index (κ2) is 5.21. The Hall–Kier alpha value is -0.940. The van der Waals surface area contributed by atoms with Crippen LogP contribution >= 0.6 is 0 Å². The Morgan fingerprint density at radius 1 is 1.42 bits per heavy atom. The van der Waals surface area contributed by atoms with E-state index in [9.17, 15) is 12.8 Å². The second-order valence-corrected chi connectivity index (χ2v) is 7.77. The number of hydrogen-bond acceptors (Lipinski definition) is 3. The van der Waals surface area contributed by atoms with Crippen molar-refractivity contribution in [2.24, 2.45) is 5.73 Å². The first-order chi connectivity index (χ1) is 8.86. The molecule has 0 amide bonds. The molecule has 1 aliphatic carbocycles. The molecule has 0 spiro atoms. The quantitative estimate of drug-likeness (QED) is 0.901. The van der Waals surface area contributed by atoms with E-state index >= 15 is 0 Å². The summed E-state index contributed by atoms with van der Waals surface area (Å²) in [6, 6.07) is 4.70. The highest BCUT2D eigenvalue weighted by Gasteiger charge is 2.34. The van der Waals surface area contributed by atoms with E-state index in [0.29, 0.717) is 12.8 Å². The van der Waals surface area contributed by atoms with Gasteiger partial charge in [-0.2, -0.15) is 0 Å². The Kier molecular flexibility index (Phi) is 3.97. The van der Waals surface area contributed by atoms with E-state index in [1.165, 1.54) is 12.1 Å². The van der Waals surface area contributed by atoms with Crippen LogP contribution in [0.3, 0.4) is 0 Å². The molecule has 19 heavy (non-hydrogen) atoms. The molecule has 1 unspecified atom stereocenters. The number of fused-ring (bicyclic) bond motifs is 1. The topological polar surface area (TPSA) is 60.2 Å². The number of halogens is 1. The lowest BCUT2D eigenvalue weighted by Crippen LogP contribution is -2.34. The molecule has 1 atom stereocenters. The lowest BCUT2D eigenvalue weighted by atomic mass is 9.88. The Balaban J connectivity index is 2.06. The lowest BCUT2D eigenvalue weighted by molar-refractivity contribution is 0.402. The van der Waals surface area contributed by atoms with Crippen molar-refractivity contribution in [1.82, 2.24) is 0 Å². The third kappa shape index (κ3) is 3.15. The van der Waals surface area contributed by atoms with Crippen molar-refractivity contribution in [3.8, 4) is 0 Å². The van der Waals surface area contributed by atoms with E-state index in [2.05, 4.69) is 0 Å². The molecule has 0 radical (unpaired) electrons. The summed E-state index contributed by atoms with van der Waals surface area (Å²) < 4.78 is 36.1. The lowest BCUT2D eigenvalue weighted by Gasteiger charge is -2.25. The zero-order valence-electron chi connectivity index (χ0n) is 11.2. The number of rotatable bonds is 5. The number of nitrogens with two attached hydrogens (primary N) is 1. The van der Waals surface area contributed by atoms with E-state index in [1.807, 2.05) is 0 Å². The first-order valence-electron chi connectivity index (χ1n) is 6.64. The highest BCUT2D eigenvalue weighted by molar-refractivity contribution is 7.91. The van der Waals surface area contributed by atoms with Gasteiger partial charge < -0.3 is 5.73 Å². The monoisotopic (exact) mass is 285 g/mol. The SMILES string of the molecule is CCS(=O)(=O)CCCC1(N)CCc2cc(F)ccc21. The first kappa shape index (κ1) is 14.5. The highest BCUT2D eigenvalue weighted by atomic mass is 32.2. The summed E-state index contributed by atoms with van der Waals surface area (Å²) in [5.74, 6) is 0.113. The average molecular weight is 285 g/mol. The van der Waals surface area contributed by atoms with Gasteiger partial charge >= 0.3 is 0 Å². The maximum Gasteiger partial charge on any atom is 0.150 e. The van der Waals surface area contributed by atoms with E-state index in [4.69, 9.17) is 5.73 Å². The summed E-state index contributed by atoms with van der Waals surface area (Å²) in [6.07, 6.45) is 2.72. The van der Waals surface area contributed by atoms with Crippen LogP contribution in [0.15, 0.2) is 18.2 Å². The predicted octanol–water partition coefficient (Wildman–Crippen LogP) is 2.14. The van der Waals surface area contributed by atoms with Crippen LogP contribution in [0.2, 0.25) is 0 Å². The minimum atomic E-state index is -2.94. The van der Waals surface area contributed by atoms with Crippen molar-refractivity contribution in [1.29, 1.82) is 0 Å². The van der Waals surface area contributed by atoms with E-state index in [-0.39, 0.29) is 17.3 Å². The van der Waals surface area contributed by atoms with Crippen LogP contribution in [0, 0.1) is 5.82 Å². The van der Waals surface area contributed by atoms with Crippen molar-refractivity contribution in [3.63, 3.8) is 0 Å². The van der Waals surface area contributed by atoms with Crippen LogP contribution < -0.4 is 5.73 Å². The molecule has 0 saturated carbocycles. The first-order valence-corrected chi connectivity index (χ1v) is 8.47. The normalized spacial score (nSPS) is 22.5. The summed E-state index contributed by atoms with van der Waals surface area (Å²) in [6.45, 7) is 1.65. The van der Waals surface area contributed by atoms with Crippen LogP contribution in [0.5, 0.6) is 0 Å². The summed E-state index contributed by atoms with van der Waals surface area (Å²) in [5, 5.41) is 0. The van der Waals surface area contributed by atoms with Gasteiger partial charge in [0.2, 0.25) is 0 Å². The second-order valence-electron chi connectivity index (χ2n) is 5.30. The molecule has 5 heteroatoms. The molecule has 0 fully saturated rings. The van der Waals surface area contributed by atoms with Gasteiger partial charge in [-0.3, -0.25) is 0 Å². The third-order valence-electron chi connectivity index (χ3n) is 3.96. The zero-order chi connectivity index (χ0) is 14.1. The Labute approximate surface area is 113 Å². The molecule has 3 nitrogen and oxygen atoms in total. The summed E-state index contributed by atoms with van der Waals surface area (Å²) in [4.78, 5) is 0. The molecule has 0 aliphatic heterocycles. The molecule has 0 saturated heterocycles. The fourth-order valence-corrected chi connectivity index (χ4v) is 3.63. The molecule has 2 N–H and O–H groups in total. The minimum Gasteiger partial charge on any atom is -0.321 e. The molecule has 0 heterocycles. The summed E-state index contributed by atoms with van der Waals surface area (Å²) in [5.41, 5.74) is 7.81. The van der Waals surface area contributed by atoms with E-state index < -0.39 is 15.4 Å². The highest BCUT2D eigenvalue weighted by Crippen LogP contribution is 2.38. The van der Waals surface area contributed by atoms with Gasteiger partial charge in [-0.1, -0.05) is 13.0 Å². The van der Waals surface area contributed by atoms with Crippen LogP contribution in [-0.2, 0) is 21.8 Å². The van der Waals surface area contributed by atoms with Crippen molar-refractivity contribution in [3.05, 3.63) is 35.1 Å². The average Bonchev–Trinajstić information content (AvgIpc) is 2.66. The Morgan fingerprint density at radius 2 is 2.16 bits per heavy atom. The minimum absolute atomic E-state index is 0.173. The van der Waals surface area contributed by atoms with Crippen LogP contribution in [-0.4, -0.2) is 19.9 Å². The molecule has 106 valence electrons. The van der Waals surface area contributed by atoms with E-state index in [0.717, 1.165) is 24.0 Å². The smallest absolute Gasteiger partial charge is 0.150 e. The molecular formula is C14H20FNO2S. The Bertz CT molecular complexity index is 571. The van der Waals surface area contributed by atoms with Gasteiger partial charge in [0, 0.05) is 11.3 Å². The number of benzene rings is 1. The van der Waals surface area contributed by atoms with Gasteiger partial charge in [0.05, 0.1) is 5.75 Å². The van der Waals surface area contributed by atoms with Gasteiger partial charge in [0.1, 0.15) is 15.7 Å². The van der Waals surface area contributed by atoms with Gasteiger partial charge in [-0.15, -0.1) is 0 Å². The summed E-state index contributed by atoms with van der Waals surface area (Å²) in [7, 11) is -2.94. The van der Waals surface area contributed by atoms with Crippen molar-refractivity contribution < 1.29 is 12.8 Å². The van der Waals surface area contributed by atoms with Gasteiger partial charge in [0.25, 0.3) is 0 Å². The fourth-order valence-electron chi connectivity index (χ4n) is 2.76. The van der Waals surface area contributed by atoms with Crippen molar-refractivity contribution in [2.75, 3.05) is 11.5 Å². The standard InChI is InChI=1S/C14H20FNO2S/c1-2-19(17,18)9-3-7-14(16)8-6-11-10-12(15)4-5-13(11)14/h4-5,10H,2-3,6-9,16H2,1H3. The maximum absolute atomic E-state index is 13.1. The van der Waals surface area contributed by atoms with Crippen LogP contribution in [0.25, 0.3) is 0 Å². The molecule has 1 aromatic carbocycles. The molecule has 0 aromatic heterocycles. The van der Waals surface area contributed by atoms with Gasteiger partial charge in [0.15, 0.2) is 0 Å². The molecular weight excluding hydrogens is 265 g/mol. The Morgan fingerprint density at radius 3 is 2.84 bits per heavy atom. The number of aryl methyl sites for hydroxylation is 1. The fraction of sp³-hybridized carbons (Fsp3) is 0.571. The van der Waals surface area contributed by atoms with Crippen molar-refractivity contribution in [2.45, 2.75) is 38.1 Å². The predicted molar refractivity (Wildman–Crippen MR) is 74.1 cm³/mol. The summed E-state index contributed by atoms with van der Waals surface area (Å²) >= 11 is 0. The van der Waals surface area contributed by atoms with Crippen LogP contribution in [0.4, 0.5) is 4.39 Å². The number of hydrogen-bond donors (Lipinski definition) is 1. The van der Waals surface area contributed by atoms with Gasteiger partial charge in [-0.25, -0.2) is 12.8 Å².